The normalized spacial score (nSPS) is 23.4. The lowest BCUT2D eigenvalue weighted by atomic mass is 9.79. The van der Waals surface area contributed by atoms with Crippen LogP contribution in [0, 0.1) is 5.41 Å². The molecule has 1 N–H and O–H groups in total. The fraction of sp³-hybridized carbons (Fsp3) is 0.812. The Balaban J connectivity index is 2.21. The van der Waals surface area contributed by atoms with Crippen LogP contribution in [-0.4, -0.2) is 33.8 Å². The van der Waals surface area contributed by atoms with Gasteiger partial charge in [-0.25, -0.2) is 0 Å². The molecular weight excluding hydrogens is 270 g/mol. The van der Waals surface area contributed by atoms with Crippen molar-refractivity contribution >= 4 is 17.8 Å². The molecule has 2 amide bonds. The number of likely N-dealkylation sites (tertiary alicyclic amines) is 1. The van der Waals surface area contributed by atoms with Crippen LogP contribution in [0.1, 0.15) is 71.1 Å². The van der Waals surface area contributed by atoms with Crippen molar-refractivity contribution in [3.8, 4) is 0 Å². The Morgan fingerprint density at radius 2 is 1.86 bits per heavy atom. The van der Waals surface area contributed by atoms with Gasteiger partial charge in [-0.05, 0) is 19.3 Å². The molecule has 2 rings (SSSR count). The third-order valence-electron chi connectivity index (χ3n) is 4.89. The van der Waals surface area contributed by atoms with E-state index in [-0.39, 0.29) is 24.7 Å². The van der Waals surface area contributed by atoms with Crippen molar-refractivity contribution in [3.05, 3.63) is 0 Å². The second kappa shape index (κ2) is 6.58. The Hall–Kier alpha value is -1.39. The van der Waals surface area contributed by atoms with E-state index in [4.69, 9.17) is 5.11 Å². The smallest absolute Gasteiger partial charge is 0.305 e. The van der Waals surface area contributed by atoms with Crippen LogP contribution in [0.5, 0.6) is 0 Å². The molecule has 1 atom stereocenters. The molecule has 1 unspecified atom stereocenters. The highest BCUT2D eigenvalue weighted by molar-refractivity contribution is 6.06. The molecule has 1 spiro atoms. The fourth-order valence-electron chi connectivity index (χ4n) is 3.84. The maximum Gasteiger partial charge on any atom is 0.305 e. The SMILES string of the molecule is CCCC(CC(=O)O)N1C(=O)CC2(CCCCCC2)C1=O. The minimum absolute atomic E-state index is 0.103. The molecule has 21 heavy (non-hydrogen) atoms. The molecule has 1 aliphatic heterocycles. The minimum Gasteiger partial charge on any atom is -0.481 e. The molecule has 1 saturated heterocycles. The van der Waals surface area contributed by atoms with Gasteiger partial charge >= 0.3 is 5.97 Å². The highest BCUT2D eigenvalue weighted by Gasteiger charge is 2.52. The maximum absolute atomic E-state index is 12.9. The van der Waals surface area contributed by atoms with E-state index in [0.717, 1.165) is 44.9 Å². The number of aliphatic carboxylic acids is 1. The topological polar surface area (TPSA) is 74.7 Å². The van der Waals surface area contributed by atoms with Crippen LogP contribution in [0.2, 0.25) is 0 Å². The van der Waals surface area contributed by atoms with Crippen LogP contribution < -0.4 is 0 Å². The van der Waals surface area contributed by atoms with E-state index in [2.05, 4.69) is 0 Å². The maximum atomic E-state index is 12.9. The van der Waals surface area contributed by atoms with E-state index in [1.165, 1.54) is 4.90 Å². The van der Waals surface area contributed by atoms with Gasteiger partial charge in [0.25, 0.3) is 0 Å². The number of carbonyl (C=O) groups excluding carboxylic acids is 2. The van der Waals surface area contributed by atoms with Gasteiger partial charge in [-0.3, -0.25) is 19.3 Å². The summed E-state index contributed by atoms with van der Waals surface area (Å²) in [5, 5.41) is 9.04. The summed E-state index contributed by atoms with van der Waals surface area (Å²) < 4.78 is 0. The van der Waals surface area contributed by atoms with Crippen molar-refractivity contribution in [2.45, 2.75) is 77.2 Å². The van der Waals surface area contributed by atoms with Crippen LogP contribution in [0.25, 0.3) is 0 Å². The number of nitrogens with zero attached hydrogens (tertiary/aromatic N) is 1. The van der Waals surface area contributed by atoms with Gasteiger partial charge in [-0.2, -0.15) is 0 Å². The largest absolute Gasteiger partial charge is 0.481 e. The van der Waals surface area contributed by atoms with Gasteiger partial charge in [-0.1, -0.05) is 39.0 Å². The molecule has 1 heterocycles. The van der Waals surface area contributed by atoms with Crippen molar-refractivity contribution in [3.63, 3.8) is 0 Å². The van der Waals surface area contributed by atoms with E-state index in [1.807, 2.05) is 6.92 Å². The van der Waals surface area contributed by atoms with Gasteiger partial charge in [0.2, 0.25) is 11.8 Å². The number of carboxylic acid groups (broad SMARTS) is 1. The molecule has 0 aromatic heterocycles. The molecule has 2 fully saturated rings. The Labute approximate surface area is 125 Å². The predicted molar refractivity (Wildman–Crippen MR) is 77.6 cm³/mol. The second-order valence-electron chi connectivity index (χ2n) is 6.48. The van der Waals surface area contributed by atoms with Gasteiger partial charge < -0.3 is 5.11 Å². The Kier molecular flexibility index (Phi) is 5.01. The number of carbonyl (C=O) groups is 3. The van der Waals surface area contributed by atoms with Gasteiger partial charge in [-0.15, -0.1) is 0 Å². The first-order chi connectivity index (χ1) is 10.00. The van der Waals surface area contributed by atoms with E-state index in [0.29, 0.717) is 6.42 Å². The highest BCUT2D eigenvalue weighted by atomic mass is 16.4. The summed E-state index contributed by atoms with van der Waals surface area (Å²) in [7, 11) is 0. The Morgan fingerprint density at radius 3 is 2.38 bits per heavy atom. The summed E-state index contributed by atoms with van der Waals surface area (Å²) in [6, 6.07) is -0.477. The predicted octanol–water partition coefficient (Wildman–Crippen LogP) is 2.73. The van der Waals surface area contributed by atoms with Crippen molar-refractivity contribution in [2.75, 3.05) is 0 Å². The summed E-state index contributed by atoms with van der Waals surface area (Å²) in [5.74, 6) is -1.22. The number of hydrogen-bond acceptors (Lipinski definition) is 3. The molecule has 1 saturated carbocycles. The summed E-state index contributed by atoms with van der Waals surface area (Å²) >= 11 is 0. The number of imide groups is 1. The summed E-state index contributed by atoms with van der Waals surface area (Å²) in [6.45, 7) is 1.95. The number of carboxylic acids is 1. The van der Waals surface area contributed by atoms with Gasteiger partial charge in [0.1, 0.15) is 0 Å². The second-order valence-corrected chi connectivity index (χ2v) is 6.48. The highest BCUT2D eigenvalue weighted by Crippen LogP contribution is 2.45. The Morgan fingerprint density at radius 1 is 1.24 bits per heavy atom. The molecule has 2 aliphatic rings. The van der Waals surface area contributed by atoms with Crippen molar-refractivity contribution in [1.82, 2.24) is 4.90 Å². The van der Waals surface area contributed by atoms with E-state index in [9.17, 15) is 14.4 Å². The standard InChI is InChI=1S/C16H25NO4/c1-2-7-12(10-14(19)20)17-13(18)11-16(15(17)21)8-5-3-4-6-9-16/h12H,2-11H2,1H3,(H,19,20). The molecule has 5 heteroatoms. The van der Waals surface area contributed by atoms with Gasteiger partial charge in [0, 0.05) is 6.42 Å². The lowest BCUT2D eigenvalue weighted by Gasteiger charge is -2.29. The van der Waals surface area contributed by atoms with Crippen LogP contribution in [0.3, 0.4) is 0 Å². The van der Waals surface area contributed by atoms with Crippen LogP contribution in [-0.2, 0) is 14.4 Å². The molecule has 0 aromatic carbocycles. The number of rotatable bonds is 5. The van der Waals surface area contributed by atoms with Gasteiger partial charge in [0.05, 0.1) is 17.9 Å². The first-order valence-electron chi connectivity index (χ1n) is 8.08. The third-order valence-corrected chi connectivity index (χ3v) is 4.89. The van der Waals surface area contributed by atoms with Crippen LogP contribution in [0.15, 0.2) is 0 Å². The molecule has 0 radical (unpaired) electrons. The molecule has 0 bridgehead atoms. The molecule has 1 aliphatic carbocycles. The van der Waals surface area contributed by atoms with Crippen molar-refractivity contribution in [2.24, 2.45) is 5.41 Å². The zero-order valence-electron chi connectivity index (χ0n) is 12.8. The van der Waals surface area contributed by atoms with E-state index >= 15 is 0 Å². The van der Waals surface area contributed by atoms with E-state index in [1.54, 1.807) is 0 Å². The summed E-state index contributed by atoms with van der Waals surface area (Å²) in [4.78, 5) is 37.6. The lowest BCUT2D eigenvalue weighted by Crippen LogP contribution is -2.43. The third kappa shape index (κ3) is 3.27. The first-order valence-corrected chi connectivity index (χ1v) is 8.08. The molecule has 5 nitrogen and oxygen atoms in total. The zero-order chi connectivity index (χ0) is 15.5. The fourth-order valence-corrected chi connectivity index (χ4v) is 3.84. The quantitative estimate of drug-likeness (QED) is 0.791. The lowest BCUT2D eigenvalue weighted by molar-refractivity contribution is -0.147. The molecule has 0 aromatic rings. The molecular formula is C16H25NO4. The average Bonchev–Trinajstić information content (AvgIpc) is 2.57. The Bertz CT molecular complexity index is 424. The van der Waals surface area contributed by atoms with E-state index < -0.39 is 17.4 Å². The average molecular weight is 295 g/mol. The van der Waals surface area contributed by atoms with Crippen LogP contribution in [0.4, 0.5) is 0 Å². The minimum atomic E-state index is -0.948. The summed E-state index contributed by atoms with van der Waals surface area (Å²) in [6.07, 6.45) is 7.26. The monoisotopic (exact) mass is 295 g/mol. The van der Waals surface area contributed by atoms with Crippen molar-refractivity contribution in [1.29, 1.82) is 0 Å². The van der Waals surface area contributed by atoms with Crippen LogP contribution >= 0.6 is 0 Å². The number of amides is 2. The zero-order valence-corrected chi connectivity index (χ0v) is 12.8. The van der Waals surface area contributed by atoms with Gasteiger partial charge in [0.15, 0.2) is 0 Å². The first kappa shape index (κ1) is 16.0. The molecule has 118 valence electrons. The van der Waals surface area contributed by atoms with Crippen molar-refractivity contribution < 1.29 is 19.5 Å². The number of hydrogen-bond donors (Lipinski definition) is 1. The summed E-state index contributed by atoms with van der Waals surface area (Å²) in [5.41, 5.74) is -0.530.